The summed E-state index contributed by atoms with van der Waals surface area (Å²) in [5.74, 6) is -0.804. The van der Waals surface area contributed by atoms with E-state index in [4.69, 9.17) is 4.74 Å². The van der Waals surface area contributed by atoms with Gasteiger partial charge in [0.1, 0.15) is 17.4 Å². The monoisotopic (exact) mass is 498 g/mol. The van der Waals surface area contributed by atoms with Crippen LogP contribution in [0.3, 0.4) is 0 Å². The maximum absolute atomic E-state index is 14.0. The molecule has 3 amide bonds. The Morgan fingerprint density at radius 3 is 2.61 bits per heavy atom. The van der Waals surface area contributed by atoms with Crippen LogP contribution in [0.4, 0.5) is 19.3 Å². The molecule has 1 saturated heterocycles. The second-order valence-corrected chi connectivity index (χ2v) is 9.49. The van der Waals surface area contributed by atoms with E-state index in [-0.39, 0.29) is 18.2 Å². The number of amides is 3. The zero-order chi connectivity index (χ0) is 25.6. The topological polar surface area (TPSA) is 97.9 Å². The van der Waals surface area contributed by atoms with E-state index < -0.39 is 29.1 Å². The van der Waals surface area contributed by atoms with Gasteiger partial charge in [-0.1, -0.05) is 0 Å². The van der Waals surface area contributed by atoms with Crippen molar-refractivity contribution in [1.82, 2.24) is 14.8 Å². The molecule has 36 heavy (non-hydrogen) atoms. The van der Waals surface area contributed by atoms with Crippen LogP contribution in [0.1, 0.15) is 37.1 Å². The van der Waals surface area contributed by atoms with E-state index in [1.165, 1.54) is 6.92 Å². The Balaban J connectivity index is 1.47. The molecule has 8 nitrogen and oxygen atoms in total. The molecule has 1 atom stereocenters. The fourth-order valence-corrected chi connectivity index (χ4v) is 5.67. The number of aliphatic hydroxyl groups is 1. The lowest BCUT2D eigenvalue weighted by Gasteiger charge is -2.50. The van der Waals surface area contributed by atoms with Crippen molar-refractivity contribution in [2.75, 3.05) is 38.7 Å². The highest BCUT2D eigenvalue weighted by molar-refractivity contribution is 5.90. The fraction of sp³-hybridized carbons (Fsp3) is 0.385. The third kappa shape index (κ3) is 3.95. The number of rotatable bonds is 3. The molecule has 0 radical (unpaired) electrons. The number of piperidine rings is 1. The highest BCUT2D eigenvalue weighted by atomic mass is 19.1. The summed E-state index contributed by atoms with van der Waals surface area (Å²) in [5, 5.41) is 13.7. The van der Waals surface area contributed by atoms with Crippen molar-refractivity contribution < 1.29 is 28.2 Å². The molecule has 1 aromatic heterocycles. The standard InChI is InChI=1S/C26H28F2N4O4/c1-15(34)32-14-26(23-18-5-4-17(36-2)12-20(18)29-24(23)22(32)13-33)7-9-31(10-8-26)25(35)30-21-11-16(27)3-6-19(21)28/h3-6,11-12,22,29,33H,7-10,13-14H2,1-2H3,(H,30,35)/t22-/m0/s1. The molecule has 0 bridgehead atoms. The van der Waals surface area contributed by atoms with Gasteiger partial charge in [0.05, 0.1) is 25.4 Å². The van der Waals surface area contributed by atoms with Gasteiger partial charge in [-0.25, -0.2) is 13.6 Å². The summed E-state index contributed by atoms with van der Waals surface area (Å²) in [6.07, 6.45) is 1.11. The highest BCUT2D eigenvalue weighted by Crippen LogP contribution is 2.49. The Morgan fingerprint density at radius 1 is 1.19 bits per heavy atom. The van der Waals surface area contributed by atoms with Gasteiger partial charge < -0.3 is 29.9 Å². The lowest BCUT2D eigenvalue weighted by atomic mass is 9.68. The molecule has 3 N–H and O–H groups in total. The molecular weight excluding hydrogens is 470 g/mol. The van der Waals surface area contributed by atoms with Crippen molar-refractivity contribution >= 4 is 28.5 Å². The minimum absolute atomic E-state index is 0.142. The van der Waals surface area contributed by atoms with Gasteiger partial charge in [0.15, 0.2) is 0 Å². The molecule has 2 aliphatic heterocycles. The van der Waals surface area contributed by atoms with E-state index >= 15 is 0 Å². The minimum Gasteiger partial charge on any atom is -0.497 e. The number of hydrogen-bond acceptors (Lipinski definition) is 4. The number of ether oxygens (including phenoxy) is 1. The van der Waals surface area contributed by atoms with Gasteiger partial charge in [-0.3, -0.25) is 4.79 Å². The third-order valence-corrected chi connectivity index (χ3v) is 7.50. The normalized spacial score (nSPS) is 18.9. The van der Waals surface area contributed by atoms with Crippen LogP contribution in [0.5, 0.6) is 5.75 Å². The van der Waals surface area contributed by atoms with Gasteiger partial charge in [0.2, 0.25) is 5.91 Å². The molecule has 1 fully saturated rings. The van der Waals surface area contributed by atoms with Crippen LogP contribution >= 0.6 is 0 Å². The second-order valence-electron chi connectivity index (χ2n) is 9.49. The largest absolute Gasteiger partial charge is 0.497 e. The van der Waals surface area contributed by atoms with E-state index in [2.05, 4.69) is 10.3 Å². The highest BCUT2D eigenvalue weighted by Gasteiger charge is 2.48. The Hall–Kier alpha value is -3.66. The molecule has 3 heterocycles. The zero-order valence-corrected chi connectivity index (χ0v) is 20.1. The lowest BCUT2D eigenvalue weighted by Crippen LogP contribution is -2.55. The fourth-order valence-electron chi connectivity index (χ4n) is 5.67. The lowest BCUT2D eigenvalue weighted by molar-refractivity contribution is -0.134. The van der Waals surface area contributed by atoms with Crippen molar-refractivity contribution in [3.63, 3.8) is 0 Å². The number of aromatic amines is 1. The van der Waals surface area contributed by atoms with Crippen LogP contribution in [-0.2, 0) is 10.2 Å². The Labute approximate surface area is 206 Å². The molecule has 2 aliphatic rings. The minimum atomic E-state index is -0.712. The van der Waals surface area contributed by atoms with E-state index in [0.29, 0.717) is 38.2 Å². The predicted molar refractivity (Wildman–Crippen MR) is 130 cm³/mol. The number of H-pyrrole nitrogens is 1. The predicted octanol–water partition coefficient (Wildman–Crippen LogP) is 3.92. The smallest absolute Gasteiger partial charge is 0.321 e. The molecule has 0 unspecified atom stereocenters. The maximum Gasteiger partial charge on any atom is 0.321 e. The molecule has 0 aliphatic carbocycles. The molecular formula is C26H28F2N4O4. The van der Waals surface area contributed by atoms with Gasteiger partial charge in [0, 0.05) is 60.7 Å². The van der Waals surface area contributed by atoms with E-state index in [1.807, 2.05) is 18.2 Å². The Morgan fingerprint density at radius 2 is 1.94 bits per heavy atom. The van der Waals surface area contributed by atoms with Crippen LogP contribution in [0.2, 0.25) is 0 Å². The van der Waals surface area contributed by atoms with E-state index in [0.717, 1.165) is 40.4 Å². The first kappa shape index (κ1) is 24.1. The number of nitrogens with one attached hydrogen (secondary N) is 2. The number of carbonyl (C=O) groups excluding carboxylic acids is 2. The number of carbonyl (C=O) groups is 2. The summed E-state index contributed by atoms with van der Waals surface area (Å²) < 4.78 is 32.9. The van der Waals surface area contributed by atoms with Gasteiger partial charge in [-0.15, -0.1) is 0 Å². The maximum atomic E-state index is 14.0. The summed E-state index contributed by atoms with van der Waals surface area (Å²) in [6.45, 7) is 2.40. The third-order valence-electron chi connectivity index (χ3n) is 7.50. The van der Waals surface area contributed by atoms with E-state index in [9.17, 15) is 23.5 Å². The Bertz CT molecular complexity index is 1330. The summed E-state index contributed by atoms with van der Waals surface area (Å²) in [4.78, 5) is 32.1. The van der Waals surface area contributed by atoms with Crippen LogP contribution in [0, 0.1) is 11.6 Å². The molecule has 10 heteroatoms. The molecule has 3 aromatic rings. The molecule has 1 spiro atoms. The van der Waals surface area contributed by atoms with Crippen molar-refractivity contribution in [2.24, 2.45) is 0 Å². The van der Waals surface area contributed by atoms with Gasteiger partial charge in [-0.2, -0.15) is 0 Å². The SMILES string of the molecule is COc1ccc2c3c([nH]c2c1)[C@H](CO)N(C(C)=O)CC31CCN(C(=O)Nc2cc(F)ccc2F)CC1. The number of anilines is 1. The number of fused-ring (bicyclic) bond motifs is 4. The Kier molecular flexibility index (Phi) is 6.07. The second kappa shape index (κ2) is 9.09. The van der Waals surface area contributed by atoms with Gasteiger partial charge >= 0.3 is 6.03 Å². The summed E-state index contributed by atoms with van der Waals surface area (Å²) in [5.41, 5.74) is 2.04. The van der Waals surface area contributed by atoms with E-state index in [1.54, 1.807) is 16.9 Å². The quantitative estimate of drug-likeness (QED) is 0.510. The van der Waals surface area contributed by atoms with Crippen molar-refractivity contribution in [1.29, 1.82) is 0 Å². The van der Waals surface area contributed by atoms with Crippen LogP contribution in [0.25, 0.3) is 10.9 Å². The summed E-state index contributed by atoms with van der Waals surface area (Å²) in [6, 6.07) is 7.66. The van der Waals surface area contributed by atoms with Crippen molar-refractivity contribution in [3.8, 4) is 5.75 Å². The van der Waals surface area contributed by atoms with Crippen molar-refractivity contribution in [3.05, 3.63) is 59.3 Å². The first-order valence-electron chi connectivity index (χ1n) is 11.9. The van der Waals surface area contributed by atoms with Crippen LogP contribution in [0.15, 0.2) is 36.4 Å². The van der Waals surface area contributed by atoms with Gasteiger partial charge in [0.25, 0.3) is 0 Å². The number of likely N-dealkylation sites (tertiary alicyclic amines) is 1. The van der Waals surface area contributed by atoms with Crippen LogP contribution in [-0.4, -0.2) is 65.2 Å². The average molecular weight is 499 g/mol. The molecule has 0 saturated carbocycles. The zero-order valence-electron chi connectivity index (χ0n) is 20.1. The number of hydrogen-bond donors (Lipinski definition) is 3. The number of methoxy groups -OCH3 is 1. The number of aromatic nitrogens is 1. The number of nitrogens with zero attached hydrogens (tertiary/aromatic N) is 2. The molecule has 2 aromatic carbocycles. The van der Waals surface area contributed by atoms with Crippen LogP contribution < -0.4 is 10.1 Å². The average Bonchev–Trinajstić information content (AvgIpc) is 3.26. The number of benzene rings is 2. The van der Waals surface area contributed by atoms with Gasteiger partial charge in [-0.05, 0) is 42.7 Å². The number of urea groups is 1. The summed E-state index contributed by atoms with van der Waals surface area (Å²) in [7, 11) is 1.59. The molecule has 5 rings (SSSR count). The van der Waals surface area contributed by atoms with Crippen molar-refractivity contribution in [2.45, 2.75) is 31.2 Å². The molecule has 190 valence electrons. The summed E-state index contributed by atoms with van der Waals surface area (Å²) >= 11 is 0. The first-order chi connectivity index (χ1) is 17.3. The number of halogens is 2. The number of aliphatic hydroxyl groups excluding tert-OH is 1. The first-order valence-corrected chi connectivity index (χ1v) is 11.9.